The minimum atomic E-state index is -0.211. The number of carbonyl (C=O) groups is 2. The molecule has 0 aromatic rings. The zero-order chi connectivity index (χ0) is 11.5. The van der Waals surface area contributed by atoms with Crippen molar-refractivity contribution in [2.75, 3.05) is 38.8 Å². The van der Waals surface area contributed by atoms with Crippen LogP contribution in [0.1, 0.15) is 6.42 Å². The van der Waals surface area contributed by atoms with Crippen molar-refractivity contribution >= 4 is 33.8 Å². The van der Waals surface area contributed by atoms with Gasteiger partial charge in [-0.2, -0.15) is 0 Å². The lowest BCUT2D eigenvalue weighted by Crippen LogP contribution is -2.16. The fourth-order valence-electron chi connectivity index (χ4n) is 0.774. The third kappa shape index (κ3) is 11.7. The van der Waals surface area contributed by atoms with Crippen molar-refractivity contribution in [2.45, 2.75) is 6.42 Å². The Hall–Kier alpha value is -0.200. The molecule has 0 saturated carbocycles. The van der Waals surface area contributed by atoms with Gasteiger partial charge in [0, 0.05) is 6.54 Å². The van der Waals surface area contributed by atoms with Gasteiger partial charge in [-0.15, -0.1) is 0 Å². The van der Waals surface area contributed by atoms with E-state index in [9.17, 15) is 9.59 Å². The van der Waals surface area contributed by atoms with E-state index in [2.05, 4.69) is 0 Å². The van der Waals surface area contributed by atoms with Gasteiger partial charge in [0.15, 0.2) is 0 Å². The summed E-state index contributed by atoms with van der Waals surface area (Å²) >= 11 is 0. The van der Waals surface area contributed by atoms with Crippen LogP contribution in [0.4, 0.5) is 0 Å². The van der Waals surface area contributed by atoms with E-state index in [1.165, 1.54) is 21.6 Å². The number of hydrogen-bond acceptors (Lipinski definition) is 6. The van der Waals surface area contributed by atoms with Crippen molar-refractivity contribution in [3.8, 4) is 0 Å². The lowest BCUT2D eigenvalue weighted by atomic mass is 10.4. The second-order valence-corrected chi connectivity index (χ2v) is 5.60. The Balaban J connectivity index is 3.22. The van der Waals surface area contributed by atoms with Gasteiger partial charge in [-0.05, 0) is 20.5 Å². The average molecular weight is 251 g/mol. The molecule has 0 unspecified atom stereocenters. The predicted molar refractivity (Wildman–Crippen MR) is 65.1 cm³/mol. The van der Waals surface area contributed by atoms with Gasteiger partial charge in [0.05, 0.1) is 12.4 Å². The quantitative estimate of drug-likeness (QED) is 0.264. The van der Waals surface area contributed by atoms with Crippen LogP contribution in [0, 0.1) is 0 Å². The van der Waals surface area contributed by atoms with Gasteiger partial charge in [-0.3, -0.25) is 4.79 Å². The molecule has 0 bridgehead atoms. The topological polar surface area (TPSA) is 46.6 Å². The summed E-state index contributed by atoms with van der Waals surface area (Å²) in [5, 5.41) is 0. The molecule has 0 spiro atoms. The zero-order valence-electron chi connectivity index (χ0n) is 9.10. The number of hydrogen-bond donors (Lipinski definition) is 0. The van der Waals surface area contributed by atoms with Gasteiger partial charge in [-0.25, -0.2) is 0 Å². The number of aldehydes is 1. The van der Waals surface area contributed by atoms with E-state index in [-0.39, 0.29) is 5.97 Å². The Labute approximate surface area is 98.5 Å². The molecule has 88 valence electrons. The van der Waals surface area contributed by atoms with Gasteiger partial charge in [0.25, 0.3) is 0 Å². The molecule has 0 amide bonds. The van der Waals surface area contributed by atoms with E-state index in [1.807, 2.05) is 19.0 Å². The van der Waals surface area contributed by atoms with Crippen LogP contribution in [-0.2, 0) is 14.3 Å². The fourth-order valence-corrected chi connectivity index (χ4v) is 2.18. The maximum absolute atomic E-state index is 11.1. The molecule has 0 radical (unpaired) electrons. The average Bonchev–Trinajstić information content (AvgIpc) is 2.19. The van der Waals surface area contributed by atoms with E-state index in [1.54, 1.807) is 0 Å². The molecule has 0 N–H and O–H groups in total. The molecule has 0 aliphatic carbocycles. The van der Waals surface area contributed by atoms with Crippen LogP contribution in [0.15, 0.2) is 0 Å². The number of esters is 1. The lowest BCUT2D eigenvalue weighted by molar-refractivity contribution is -0.140. The molecule has 15 heavy (non-hydrogen) atoms. The van der Waals surface area contributed by atoms with E-state index >= 15 is 0 Å². The molecule has 0 heterocycles. The lowest BCUT2D eigenvalue weighted by Gasteiger charge is -2.09. The van der Waals surface area contributed by atoms with Crippen LogP contribution < -0.4 is 0 Å². The molecule has 4 nitrogen and oxygen atoms in total. The van der Waals surface area contributed by atoms with Gasteiger partial charge < -0.3 is 14.4 Å². The molecular formula is C9H17NO3S2. The summed E-state index contributed by atoms with van der Waals surface area (Å²) in [4.78, 5) is 23.1. The highest BCUT2D eigenvalue weighted by atomic mass is 33.1. The Bertz CT molecular complexity index is 188. The number of ether oxygens (including phenoxy) is 1. The smallest absolute Gasteiger partial charge is 0.316 e. The Morgan fingerprint density at radius 2 is 2.13 bits per heavy atom. The summed E-state index contributed by atoms with van der Waals surface area (Å²) < 4.78 is 4.98. The molecule has 0 saturated heterocycles. The molecule has 0 aliphatic rings. The molecular weight excluding hydrogens is 234 g/mol. The van der Waals surface area contributed by atoms with Gasteiger partial charge in [0.2, 0.25) is 0 Å². The van der Waals surface area contributed by atoms with Crippen LogP contribution in [0.25, 0.3) is 0 Å². The van der Waals surface area contributed by atoms with Crippen molar-refractivity contribution < 1.29 is 14.3 Å². The zero-order valence-corrected chi connectivity index (χ0v) is 10.7. The van der Waals surface area contributed by atoms with Crippen LogP contribution >= 0.6 is 21.6 Å². The molecule has 0 aromatic carbocycles. The molecule has 0 aromatic heterocycles. The van der Waals surface area contributed by atoms with E-state index in [0.717, 1.165) is 19.3 Å². The fraction of sp³-hybridized carbons (Fsp3) is 0.778. The van der Waals surface area contributed by atoms with Crippen molar-refractivity contribution in [3.05, 3.63) is 0 Å². The Morgan fingerprint density at radius 3 is 2.73 bits per heavy atom. The molecule has 0 aliphatic heterocycles. The third-order valence-corrected chi connectivity index (χ3v) is 3.46. The number of rotatable bonds is 9. The van der Waals surface area contributed by atoms with Gasteiger partial charge in [-0.1, -0.05) is 21.6 Å². The Morgan fingerprint density at radius 1 is 1.40 bits per heavy atom. The molecule has 0 atom stereocenters. The van der Waals surface area contributed by atoms with Crippen molar-refractivity contribution in [2.24, 2.45) is 0 Å². The summed E-state index contributed by atoms with van der Waals surface area (Å²) in [6, 6.07) is 0. The molecule has 0 rings (SSSR count). The molecule has 6 heteroatoms. The first-order chi connectivity index (χ1) is 7.16. The van der Waals surface area contributed by atoms with Gasteiger partial charge >= 0.3 is 5.97 Å². The highest BCUT2D eigenvalue weighted by Gasteiger charge is 2.02. The van der Waals surface area contributed by atoms with E-state index in [4.69, 9.17) is 4.74 Å². The maximum atomic E-state index is 11.1. The molecule has 0 fully saturated rings. The largest absolute Gasteiger partial charge is 0.465 e. The highest BCUT2D eigenvalue weighted by molar-refractivity contribution is 8.77. The summed E-state index contributed by atoms with van der Waals surface area (Å²) in [6.07, 6.45) is 1.67. The maximum Gasteiger partial charge on any atom is 0.316 e. The van der Waals surface area contributed by atoms with Gasteiger partial charge in [0.1, 0.15) is 12.0 Å². The van der Waals surface area contributed by atoms with Crippen LogP contribution in [-0.4, -0.2) is 55.9 Å². The summed E-state index contributed by atoms with van der Waals surface area (Å²) in [6.45, 7) is 1.39. The summed E-state index contributed by atoms with van der Waals surface area (Å²) in [7, 11) is 6.68. The standard InChI is InChI=1S/C9H17NO3S2/c1-10(2)4-3-6-13-9(12)8-15-14-7-5-11/h5H,3-4,6-8H2,1-2H3. The minimum absolute atomic E-state index is 0.211. The summed E-state index contributed by atoms with van der Waals surface area (Å²) in [5.41, 5.74) is 0. The van der Waals surface area contributed by atoms with Crippen LogP contribution in [0.2, 0.25) is 0 Å². The SMILES string of the molecule is CN(C)CCCOC(=O)CSSCC=O. The van der Waals surface area contributed by atoms with Crippen molar-refractivity contribution in [1.29, 1.82) is 0 Å². The Kier molecular flexibility index (Phi) is 10.2. The first kappa shape index (κ1) is 14.8. The number of nitrogens with zero attached hydrogens (tertiary/aromatic N) is 1. The van der Waals surface area contributed by atoms with E-state index < -0.39 is 0 Å². The minimum Gasteiger partial charge on any atom is -0.465 e. The number of carbonyl (C=O) groups excluding carboxylic acids is 2. The second kappa shape index (κ2) is 10.3. The normalized spacial score (nSPS) is 10.3. The van der Waals surface area contributed by atoms with Crippen molar-refractivity contribution in [1.82, 2.24) is 4.90 Å². The predicted octanol–water partition coefficient (Wildman–Crippen LogP) is 1.06. The van der Waals surface area contributed by atoms with Crippen LogP contribution in [0.5, 0.6) is 0 Å². The van der Waals surface area contributed by atoms with Crippen LogP contribution in [0.3, 0.4) is 0 Å². The van der Waals surface area contributed by atoms with E-state index in [0.29, 0.717) is 18.1 Å². The summed E-state index contributed by atoms with van der Waals surface area (Å²) in [5.74, 6) is 0.510. The first-order valence-electron chi connectivity index (χ1n) is 4.65. The van der Waals surface area contributed by atoms with Crippen molar-refractivity contribution in [3.63, 3.8) is 0 Å². The second-order valence-electron chi connectivity index (χ2n) is 3.09. The monoisotopic (exact) mass is 251 g/mol. The third-order valence-electron chi connectivity index (χ3n) is 1.41. The first-order valence-corrected chi connectivity index (χ1v) is 7.14. The highest BCUT2D eigenvalue weighted by Crippen LogP contribution is 2.19.